The lowest BCUT2D eigenvalue weighted by molar-refractivity contribution is -0.131. The van der Waals surface area contributed by atoms with Crippen LogP contribution in [0.5, 0.6) is 0 Å². The lowest BCUT2D eigenvalue weighted by atomic mass is 9.95. The molecule has 0 aliphatic carbocycles. The van der Waals surface area contributed by atoms with Crippen LogP contribution in [-0.4, -0.2) is 64.4 Å². The van der Waals surface area contributed by atoms with E-state index in [-0.39, 0.29) is 10.7 Å². The summed E-state index contributed by atoms with van der Waals surface area (Å²) in [6.07, 6.45) is 6.29. The molecule has 4 nitrogen and oxygen atoms in total. The fourth-order valence-corrected chi connectivity index (χ4v) is 4.13. The molecule has 0 saturated carbocycles. The van der Waals surface area contributed by atoms with E-state index >= 15 is 0 Å². The van der Waals surface area contributed by atoms with Crippen LogP contribution in [-0.2, 0) is 4.79 Å². The topological polar surface area (TPSA) is 49.6 Å². The van der Waals surface area contributed by atoms with Crippen LogP contribution in [0.4, 0.5) is 0 Å². The van der Waals surface area contributed by atoms with Crippen molar-refractivity contribution in [2.24, 2.45) is 5.73 Å². The monoisotopic (exact) mass is 301 g/mol. The molecule has 2 heterocycles. The van der Waals surface area contributed by atoms with Crippen molar-refractivity contribution in [2.45, 2.75) is 30.4 Å². The molecule has 2 aliphatic rings. The number of rotatable bonds is 4. The zero-order valence-electron chi connectivity index (χ0n) is 11.6. The summed E-state index contributed by atoms with van der Waals surface area (Å²) in [5, 5.41) is 0. The Labute approximate surface area is 125 Å². The highest BCUT2D eigenvalue weighted by molar-refractivity contribution is 8.02. The Balaban J connectivity index is 1.83. The van der Waals surface area contributed by atoms with Gasteiger partial charge in [0.25, 0.3) is 0 Å². The molecule has 0 aromatic rings. The molecule has 0 spiro atoms. The summed E-state index contributed by atoms with van der Waals surface area (Å²) in [5.41, 5.74) is 5.88. The van der Waals surface area contributed by atoms with E-state index in [1.807, 2.05) is 4.90 Å². The van der Waals surface area contributed by atoms with Gasteiger partial charge in [-0.05, 0) is 31.9 Å². The van der Waals surface area contributed by atoms with E-state index < -0.39 is 0 Å². The molecule has 19 heavy (non-hydrogen) atoms. The SMILES string of the molecule is CSC1(C(N)=S)CCN(CC(=O)N2CCCC2)CC1. The van der Waals surface area contributed by atoms with Crippen LogP contribution >= 0.6 is 24.0 Å². The maximum Gasteiger partial charge on any atom is 0.236 e. The van der Waals surface area contributed by atoms with Crippen molar-refractivity contribution >= 4 is 34.9 Å². The summed E-state index contributed by atoms with van der Waals surface area (Å²) >= 11 is 6.96. The molecule has 0 radical (unpaired) electrons. The van der Waals surface area contributed by atoms with Gasteiger partial charge in [-0.3, -0.25) is 9.69 Å². The summed E-state index contributed by atoms with van der Waals surface area (Å²) in [7, 11) is 0. The molecule has 108 valence electrons. The Morgan fingerprint density at radius 2 is 1.84 bits per heavy atom. The molecule has 0 aromatic heterocycles. The predicted molar refractivity (Wildman–Crippen MR) is 84.5 cm³/mol. The molecule has 2 N–H and O–H groups in total. The van der Waals surface area contributed by atoms with Crippen molar-refractivity contribution in [3.8, 4) is 0 Å². The lowest BCUT2D eigenvalue weighted by Gasteiger charge is -2.40. The van der Waals surface area contributed by atoms with Crippen molar-refractivity contribution in [1.82, 2.24) is 9.80 Å². The number of likely N-dealkylation sites (tertiary alicyclic amines) is 2. The minimum atomic E-state index is -0.0531. The summed E-state index contributed by atoms with van der Waals surface area (Å²) in [6, 6.07) is 0. The molecule has 1 amide bonds. The third-order valence-corrected chi connectivity index (χ3v) is 6.25. The van der Waals surface area contributed by atoms with E-state index in [4.69, 9.17) is 18.0 Å². The Morgan fingerprint density at radius 1 is 1.26 bits per heavy atom. The smallest absolute Gasteiger partial charge is 0.236 e. The third-order valence-electron chi connectivity index (χ3n) is 4.32. The van der Waals surface area contributed by atoms with Gasteiger partial charge in [-0.1, -0.05) is 12.2 Å². The first-order valence-corrected chi connectivity index (χ1v) is 8.56. The van der Waals surface area contributed by atoms with Gasteiger partial charge in [-0.2, -0.15) is 11.8 Å². The van der Waals surface area contributed by atoms with Gasteiger partial charge in [-0.15, -0.1) is 0 Å². The second kappa shape index (κ2) is 6.41. The summed E-state index contributed by atoms with van der Waals surface area (Å²) in [4.78, 5) is 17.0. The zero-order valence-corrected chi connectivity index (χ0v) is 13.2. The normalized spacial score (nSPS) is 23.5. The summed E-state index contributed by atoms with van der Waals surface area (Å²) in [6.45, 7) is 4.26. The van der Waals surface area contributed by atoms with Gasteiger partial charge < -0.3 is 10.6 Å². The van der Waals surface area contributed by atoms with Crippen LogP contribution in [0.3, 0.4) is 0 Å². The van der Waals surface area contributed by atoms with Crippen LogP contribution in [0, 0.1) is 0 Å². The number of piperidine rings is 1. The van der Waals surface area contributed by atoms with E-state index in [1.165, 1.54) is 0 Å². The molecule has 6 heteroatoms. The molecule has 0 atom stereocenters. The number of hydrogen-bond acceptors (Lipinski definition) is 4. The highest BCUT2D eigenvalue weighted by atomic mass is 32.2. The zero-order chi connectivity index (χ0) is 13.9. The molecule has 0 unspecified atom stereocenters. The van der Waals surface area contributed by atoms with Gasteiger partial charge in [0.05, 0.1) is 16.3 Å². The standard InChI is InChI=1S/C13H23N3OS2/c1-19-13(12(14)18)4-8-15(9-5-13)10-11(17)16-6-2-3-7-16/h2-10H2,1H3,(H2,14,18). The van der Waals surface area contributed by atoms with Crippen molar-refractivity contribution < 1.29 is 4.79 Å². The van der Waals surface area contributed by atoms with Gasteiger partial charge >= 0.3 is 0 Å². The minimum absolute atomic E-state index is 0.0531. The number of nitrogens with zero attached hydrogens (tertiary/aromatic N) is 2. The van der Waals surface area contributed by atoms with Crippen LogP contribution in [0.25, 0.3) is 0 Å². The van der Waals surface area contributed by atoms with E-state index in [0.717, 1.165) is 51.9 Å². The maximum atomic E-state index is 12.1. The molecule has 2 aliphatic heterocycles. The first-order chi connectivity index (χ1) is 9.07. The second-order valence-electron chi connectivity index (χ2n) is 5.43. The molecular weight excluding hydrogens is 278 g/mol. The van der Waals surface area contributed by atoms with E-state index in [9.17, 15) is 4.79 Å². The van der Waals surface area contributed by atoms with Gasteiger partial charge in [-0.25, -0.2) is 0 Å². The number of nitrogens with two attached hydrogens (primary N) is 1. The molecule has 2 fully saturated rings. The fraction of sp³-hybridized carbons (Fsp3) is 0.846. The van der Waals surface area contributed by atoms with Crippen molar-refractivity contribution in [3.05, 3.63) is 0 Å². The molecule has 2 saturated heterocycles. The molecule has 0 bridgehead atoms. The number of carbonyl (C=O) groups excluding carboxylic acids is 1. The first kappa shape index (κ1) is 15.1. The van der Waals surface area contributed by atoms with Gasteiger partial charge in [0.15, 0.2) is 0 Å². The molecular formula is C13H23N3OS2. The Bertz CT molecular complexity index is 348. The Morgan fingerprint density at radius 3 is 2.32 bits per heavy atom. The number of thioether (sulfide) groups is 1. The third kappa shape index (κ3) is 3.41. The largest absolute Gasteiger partial charge is 0.392 e. The van der Waals surface area contributed by atoms with E-state index in [1.54, 1.807) is 11.8 Å². The first-order valence-electron chi connectivity index (χ1n) is 6.92. The fourth-order valence-electron chi connectivity index (χ4n) is 2.88. The second-order valence-corrected chi connectivity index (χ2v) is 7.06. The quantitative estimate of drug-likeness (QED) is 0.788. The van der Waals surface area contributed by atoms with Gasteiger partial charge in [0.2, 0.25) is 5.91 Å². The van der Waals surface area contributed by atoms with E-state index in [2.05, 4.69) is 11.2 Å². The Kier molecular flexibility index (Phi) is 5.09. The summed E-state index contributed by atoms with van der Waals surface area (Å²) in [5.74, 6) is 0.282. The van der Waals surface area contributed by atoms with Gasteiger partial charge in [0.1, 0.15) is 0 Å². The van der Waals surface area contributed by atoms with Crippen LogP contribution in [0.2, 0.25) is 0 Å². The number of carbonyl (C=O) groups is 1. The van der Waals surface area contributed by atoms with Gasteiger partial charge in [0, 0.05) is 26.2 Å². The predicted octanol–water partition coefficient (Wildman–Crippen LogP) is 1.09. The average Bonchev–Trinajstić information content (AvgIpc) is 2.93. The summed E-state index contributed by atoms with van der Waals surface area (Å²) < 4.78 is -0.0531. The van der Waals surface area contributed by atoms with Crippen molar-refractivity contribution in [1.29, 1.82) is 0 Å². The Hall–Kier alpha value is -0.330. The maximum absolute atomic E-state index is 12.1. The number of amides is 1. The van der Waals surface area contributed by atoms with E-state index in [0.29, 0.717) is 11.5 Å². The highest BCUT2D eigenvalue weighted by Gasteiger charge is 2.37. The average molecular weight is 301 g/mol. The minimum Gasteiger partial charge on any atom is -0.392 e. The van der Waals surface area contributed by atoms with Crippen molar-refractivity contribution in [3.63, 3.8) is 0 Å². The number of thiocarbonyl (C=S) groups is 1. The van der Waals surface area contributed by atoms with Crippen LogP contribution in [0.1, 0.15) is 25.7 Å². The lowest BCUT2D eigenvalue weighted by Crippen LogP contribution is -2.51. The highest BCUT2D eigenvalue weighted by Crippen LogP contribution is 2.34. The molecule has 0 aromatic carbocycles. The van der Waals surface area contributed by atoms with Crippen molar-refractivity contribution in [2.75, 3.05) is 39.0 Å². The molecule has 2 rings (SSSR count). The number of hydrogen-bond donors (Lipinski definition) is 1. The van der Waals surface area contributed by atoms with Crippen LogP contribution in [0.15, 0.2) is 0 Å². The van der Waals surface area contributed by atoms with Crippen LogP contribution < -0.4 is 5.73 Å².